The SMILES string of the molecule is O=C(c1cnc2c(c1)ncn2C1CC1)N1CCC(O)(Cc2ccccc2)CC1. The van der Waals surface area contributed by atoms with Crippen LogP contribution in [0, 0.1) is 0 Å². The van der Waals surface area contributed by atoms with E-state index in [1.807, 2.05) is 47.6 Å². The fourth-order valence-electron chi connectivity index (χ4n) is 4.12. The Morgan fingerprint density at radius 2 is 1.89 bits per heavy atom. The number of likely N-dealkylation sites (tertiary alicyclic amines) is 1. The van der Waals surface area contributed by atoms with Crippen LogP contribution in [0.4, 0.5) is 0 Å². The topological polar surface area (TPSA) is 71.2 Å². The number of fused-ring (bicyclic) bond motifs is 1. The second-order valence-electron chi connectivity index (χ2n) is 8.13. The molecule has 2 aliphatic rings. The van der Waals surface area contributed by atoms with Gasteiger partial charge in [0.05, 0.1) is 17.5 Å². The number of imidazole rings is 1. The average Bonchev–Trinajstić information content (AvgIpc) is 3.47. The molecule has 3 heterocycles. The highest BCUT2D eigenvalue weighted by Gasteiger charge is 2.34. The van der Waals surface area contributed by atoms with Crippen molar-refractivity contribution in [3.8, 4) is 0 Å². The zero-order valence-electron chi connectivity index (χ0n) is 15.8. The third-order valence-corrected chi connectivity index (χ3v) is 5.96. The number of hydrogen-bond acceptors (Lipinski definition) is 4. The highest BCUT2D eigenvalue weighted by atomic mass is 16.3. The molecular weight excluding hydrogens is 352 g/mol. The predicted molar refractivity (Wildman–Crippen MR) is 106 cm³/mol. The predicted octanol–water partition coefficient (Wildman–Crippen LogP) is 2.98. The van der Waals surface area contributed by atoms with Gasteiger partial charge in [0, 0.05) is 31.7 Å². The minimum Gasteiger partial charge on any atom is -0.389 e. The van der Waals surface area contributed by atoms with Crippen molar-refractivity contribution in [2.45, 2.75) is 43.7 Å². The summed E-state index contributed by atoms with van der Waals surface area (Å²) >= 11 is 0. The van der Waals surface area contributed by atoms with Crippen LogP contribution in [-0.2, 0) is 6.42 Å². The van der Waals surface area contributed by atoms with Gasteiger partial charge in [-0.15, -0.1) is 0 Å². The third-order valence-electron chi connectivity index (χ3n) is 5.96. The Labute approximate surface area is 163 Å². The lowest BCUT2D eigenvalue weighted by atomic mass is 9.85. The van der Waals surface area contributed by atoms with Crippen LogP contribution in [0.5, 0.6) is 0 Å². The molecule has 0 spiro atoms. The number of aromatic nitrogens is 3. The van der Waals surface area contributed by atoms with E-state index in [0.717, 1.165) is 16.7 Å². The van der Waals surface area contributed by atoms with Crippen molar-refractivity contribution >= 4 is 17.1 Å². The second kappa shape index (κ2) is 6.71. The molecule has 0 atom stereocenters. The molecule has 1 saturated heterocycles. The van der Waals surface area contributed by atoms with Crippen LogP contribution in [0.25, 0.3) is 11.2 Å². The third kappa shape index (κ3) is 3.29. The number of rotatable bonds is 4. The van der Waals surface area contributed by atoms with E-state index >= 15 is 0 Å². The van der Waals surface area contributed by atoms with Gasteiger partial charge in [0.2, 0.25) is 0 Å². The molecule has 1 amide bonds. The Balaban J connectivity index is 1.27. The first-order valence-corrected chi connectivity index (χ1v) is 9.99. The Hall–Kier alpha value is -2.73. The van der Waals surface area contributed by atoms with Crippen molar-refractivity contribution in [3.63, 3.8) is 0 Å². The van der Waals surface area contributed by atoms with Gasteiger partial charge >= 0.3 is 0 Å². The van der Waals surface area contributed by atoms with Crippen molar-refractivity contribution < 1.29 is 9.90 Å². The first-order chi connectivity index (χ1) is 13.6. The smallest absolute Gasteiger partial charge is 0.255 e. The van der Waals surface area contributed by atoms with E-state index in [2.05, 4.69) is 14.5 Å². The molecular formula is C22H24N4O2. The van der Waals surface area contributed by atoms with Gasteiger partial charge in [0.25, 0.3) is 5.91 Å². The van der Waals surface area contributed by atoms with Crippen LogP contribution in [0.15, 0.2) is 48.9 Å². The number of carbonyl (C=O) groups excluding carboxylic acids is 1. The zero-order chi connectivity index (χ0) is 19.1. The molecule has 144 valence electrons. The van der Waals surface area contributed by atoms with Gasteiger partial charge in [-0.3, -0.25) is 4.79 Å². The number of pyridine rings is 1. The number of amides is 1. The Kier molecular flexibility index (Phi) is 4.16. The average molecular weight is 376 g/mol. The van der Waals surface area contributed by atoms with Crippen molar-refractivity contribution in [3.05, 3.63) is 60.0 Å². The number of aliphatic hydroxyl groups is 1. The van der Waals surface area contributed by atoms with E-state index in [-0.39, 0.29) is 5.91 Å². The summed E-state index contributed by atoms with van der Waals surface area (Å²) in [6.45, 7) is 1.10. The summed E-state index contributed by atoms with van der Waals surface area (Å²) in [6.07, 6.45) is 7.63. The summed E-state index contributed by atoms with van der Waals surface area (Å²) in [5.74, 6) is -0.0304. The van der Waals surface area contributed by atoms with E-state index in [4.69, 9.17) is 0 Å². The normalized spacial score (nSPS) is 19.1. The highest BCUT2D eigenvalue weighted by molar-refractivity contribution is 5.96. The Morgan fingerprint density at radius 1 is 1.14 bits per heavy atom. The van der Waals surface area contributed by atoms with Crippen LogP contribution in [0.3, 0.4) is 0 Å². The van der Waals surface area contributed by atoms with E-state index in [9.17, 15) is 9.90 Å². The van der Waals surface area contributed by atoms with Gasteiger partial charge < -0.3 is 14.6 Å². The molecule has 2 aromatic heterocycles. The van der Waals surface area contributed by atoms with Gasteiger partial charge in [0.15, 0.2) is 5.65 Å². The quantitative estimate of drug-likeness (QED) is 0.760. The lowest BCUT2D eigenvalue weighted by Gasteiger charge is -2.38. The molecule has 3 aromatic rings. The number of benzene rings is 1. The summed E-state index contributed by atoms with van der Waals surface area (Å²) in [4.78, 5) is 23.7. The molecule has 0 bridgehead atoms. The zero-order valence-corrected chi connectivity index (χ0v) is 15.8. The molecule has 2 fully saturated rings. The fourth-order valence-corrected chi connectivity index (χ4v) is 4.12. The van der Waals surface area contributed by atoms with Gasteiger partial charge in [-0.25, -0.2) is 9.97 Å². The van der Waals surface area contributed by atoms with Gasteiger partial charge in [-0.2, -0.15) is 0 Å². The van der Waals surface area contributed by atoms with Crippen molar-refractivity contribution in [2.24, 2.45) is 0 Å². The molecule has 1 aromatic carbocycles. The summed E-state index contributed by atoms with van der Waals surface area (Å²) < 4.78 is 2.11. The molecule has 0 radical (unpaired) electrons. The Bertz CT molecular complexity index is 1000. The minimum atomic E-state index is -0.747. The number of hydrogen-bond donors (Lipinski definition) is 1. The van der Waals surface area contributed by atoms with Gasteiger partial charge in [-0.1, -0.05) is 30.3 Å². The summed E-state index contributed by atoms with van der Waals surface area (Å²) in [5, 5.41) is 10.9. The van der Waals surface area contributed by atoms with E-state index in [1.54, 1.807) is 6.20 Å². The standard InChI is InChI=1S/C22H24N4O2/c27-21(17-12-19-20(23-14-17)26(15-24-19)18-6-7-18)25-10-8-22(28,9-11-25)13-16-4-2-1-3-5-16/h1-5,12,14-15,18,28H,6-11,13H2. The van der Waals surface area contributed by atoms with Crippen molar-refractivity contribution in [1.29, 1.82) is 0 Å². The largest absolute Gasteiger partial charge is 0.389 e. The van der Waals surface area contributed by atoms with Gasteiger partial charge in [0.1, 0.15) is 5.52 Å². The molecule has 5 rings (SSSR count). The minimum absolute atomic E-state index is 0.0304. The maximum Gasteiger partial charge on any atom is 0.255 e. The molecule has 1 aliphatic heterocycles. The molecule has 1 saturated carbocycles. The maximum atomic E-state index is 12.9. The summed E-state index contributed by atoms with van der Waals surface area (Å²) in [5.41, 5.74) is 2.58. The first-order valence-electron chi connectivity index (χ1n) is 9.99. The van der Waals surface area contributed by atoms with Crippen molar-refractivity contribution in [2.75, 3.05) is 13.1 Å². The highest BCUT2D eigenvalue weighted by Crippen LogP contribution is 2.36. The van der Waals surface area contributed by atoms with Crippen LogP contribution in [0.2, 0.25) is 0 Å². The van der Waals surface area contributed by atoms with Gasteiger partial charge in [-0.05, 0) is 37.3 Å². The number of carbonyl (C=O) groups is 1. The molecule has 1 N–H and O–H groups in total. The molecule has 6 heteroatoms. The monoisotopic (exact) mass is 376 g/mol. The molecule has 0 unspecified atom stereocenters. The second-order valence-corrected chi connectivity index (χ2v) is 8.13. The van der Waals surface area contributed by atoms with Crippen molar-refractivity contribution in [1.82, 2.24) is 19.4 Å². The van der Waals surface area contributed by atoms with E-state index in [0.29, 0.717) is 44.0 Å². The molecule has 6 nitrogen and oxygen atoms in total. The number of nitrogens with zero attached hydrogens (tertiary/aromatic N) is 4. The lowest BCUT2D eigenvalue weighted by Crippen LogP contribution is -2.47. The maximum absolute atomic E-state index is 12.9. The first kappa shape index (κ1) is 17.4. The van der Waals surface area contributed by atoms with Crippen LogP contribution in [0.1, 0.15) is 47.6 Å². The molecule has 28 heavy (non-hydrogen) atoms. The van der Waals surface area contributed by atoms with Crippen LogP contribution in [-0.4, -0.2) is 49.1 Å². The van der Waals surface area contributed by atoms with E-state index < -0.39 is 5.60 Å². The number of piperidine rings is 1. The summed E-state index contributed by atoms with van der Waals surface area (Å²) in [7, 11) is 0. The van der Waals surface area contributed by atoms with Crippen LogP contribution >= 0.6 is 0 Å². The lowest BCUT2D eigenvalue weighted by molar-refractivity contribution is -0.0162. The van der Waals surface area contributed by atoms with Crippen LogP contribution < -0.4 is 0 Å². The van der Waals surface area contributed by atoms with E-state index in [1.165, 1.54) is 12.8 Å². The summed E-state index contributed by atoms with van der Waals surface area (Å²) in [6, 6.07) is 12.4. The Morgan fingerprint density at radius 3 is 2.61 bits per heavy atom. The fraction of sp³-hybridized carbons (Fsp3) is 0.409. The molecule has 1 aliphatic carbocycles.